The van der Waals surface area contributed by atoms with Crippen molar-refractivity contribution >= 4 is 11.8 Å². The van der Waals surface area contributed by atoms with Gasteiger partial charge in [-0.25, -0.2) is 0 Å². The van der Waals surface area contributed by atoms with Crippen molar-refractivity contribution in [3.8, 4) is 11.8 Å². The molecule has 102 valence electrons. The molecule has 4 heteroatoms. The van der Waals surface area contributed by atoms with Crippen molar-refractivity contribution < 1.29 is 4.74 Å². The first-order valence-corrected chi connectivity index (χ1v) is 7.74. The number of nitrogens with one attached hydrogen (secondary N) is 1. The van der Waals surface area contributed by atoms with Crippen molar-refractivity contribution in [1.82, 2.24) is 5.32 Å². The second-order valence-corrected chi connectivity index (χ2v) is 6.11. The summed E-state index contributed by atoms with van der Waals surface area (Å²) in [6.45, 7) is 3.14. The molecule has 1 aliphatic carbocycles. The minimum atomic E-state index is 0.271. The molecule has 0 saturated heterocycles. The molecule has 2 rings (SSSR count). The number of rotatable bonds is 6. The van der Waals surface area contributed by atoms with Crippen molar-refractivity contribution in [2.75, 3.05) is 19.3 Å². The van der Waals surface area contributed by atoms with Crippen molar-refractivity contribution in [3.05, 3.63) is 23.8 Å². The van der Waals surface area contributed by atoms with Gasteiger partial charge in [0.2, 0.25) is 0 Å². The van der Waals surface area contributed by atoms with Crippen LogP contribution in [0, 0.1) is 17.2 Å². The topological polar surface area (TPSA) is 45.0 Å². The molecule has 0 aromatic heterocycles. The molecule has 1 aromatic rings. The smallest absolute Gasteiger partial charge is 0.138 e. The quantitative estimate of drug-likeness (QED) is 0.811. The Labute approximate surface area is 119 Å². The van der Waals surface area contributed by atoms with E-state index in [0.717, 1.165) is 35.8 Å². The first-order chi connectivity index (χ1) is 9.28. The summed E-state index contributed by atoms with van der Waals surface area (Å²) in [7, 11) is 1.98. The van der Waals surface area contributed by atoms with Gasteiger partial charge < -0.3 is 10.1 Å². The van der Waals surface area contributed by atoms with Crippen molar-refractivity contribution in [3.63, 3.8) is 0 Å². The molecular formula is C15H20N2OS. The number of hydrogen-bond acceptors (Lipinski definition) is 4. The number of nitriles is 1. The van der Waals surface area contributed by atoms with Crippen molar-refractivity contribution in [1.29, 1.82) is 5.26 Å². The van der Waals surface area contributed by atoms with Crippen molar-refractivity contribution in [2.24, 2.45) is 5.92 Å². The Bertz CT molecular complexity index is 464. The summed E-state index contributed by atoms with van der Waals surface area (Å²) in [6, 6.07) is 8.15. The van der Waals surface area contributed by atoms with Crippen LogP contribution in [-0.2, 0) is 0 Å². The number of benzene rings is 1. The lowest BCUT2D eigenvalue weighted by Crippen LogP contribution is -2.38. The van der Waals surface area contributed by atoms with E-state index in [1.807, 2.05) is 25.2 Å². The third kappa shape index (κ3) is 3.43. The summed E-state index contributed by atoms with van der Waals surface area (Å²) < 4.78 is 5.97. The van der Waals surface area contributed by atoms with Crippen LogP contribution < -0.4 is 10.1 Å². The number of nitrogens with zero attached hydrogens (tertiary/aromatic N) is 1. The second-order valence-electron chi connectivity index (χ2n) is 4.81. The molecule has 1 aromatic carbocycles. The average Bonchev–Trinajstić information content (AvgIpc) is 2.37. The normalized spacial score (nSPS) is 21.5. The minimum absolute atomic E-state index is 0.271. The van der Waals surface area contributed by atoms with Crippen LogP contribution in [-0.4, -0.2) is 25.4 Å². The highest BCUT2D eigenvalue weighted by Crippen LogP contribution is 2.35. The van der Waals surface area contributed by atoms with E-state index >= 15 is 0 Å². The van der Waals surface area contributed by atoms with Gasteiger partial charge in [-0.15, -0.1) is 11.8 Å². The average molecular weight is 276 g/mol. The Morgan fingerprint density at radius 3 is 2.89 bits per heavy atom. The SMILES string of the molecule is CCSc1cccc(OC2CC(CNC)C2)c1C#N. The van der Waals surface area contributed by atoms with Gasteiger partial charge in [-0.1, -0.05) is 13.0 Å². The van der Waals surface area contributed by atoms with Crippen LogP contribution in [0.25, 0.3) is 0 Å². The molecule has 0 bridgehead atoms. The molecule has 0 aliphatic heterocycles. The lowest BCUT2D eigenvalue weighted by molar-refractivity contribution is 0.0653. The van der Waals surface area contributed by atoms with Gasteiger partial charge >= 0.3 is 0 Å². The zero-order chi connectivity index (χ0) is 13.7. The van der Waals surface area contributed by atoms with E-state index in [1.165, 1.54) is 0 Å². The molecule has 0 spiro atoms. The van der Waals surface area contributed by atoms with Crippen LogP contribution in [0.15, 0.2) is 23.1 Å². The van der Waals surface area contributed by atoms with E-state index in [9.17, 15) is 5.26 Å². The summed E-state index contributed by atoms with van der Waals surface area (Å²) in [5, 5.41) is 12.5. The molecule has 0 amide bonds. The van der Waals surface area contributed by atoms with E-state index in [2.05, 4.69) is 18.3 Å². The summed E-state index contributed by atoms with van der Waals surface area (Å²) in [5.41, 5.74) is 0.686. The van der Waals surface area contributed by atoms with Gasteiger partial charge in [-0.05, 0) is 50.2 Å². The first kappa shape index (κ1) is 14.2. The van der Waals surface area contributed by atoms with E-state index in [-0.39, 0.29) is 6.10 Å². The number of hydrogen-bond donors (Lipinski definition) is 1. The Kier molecular flexibility index (Phi) is 5.12. The van der Waals surface area contributed by atoms with Crippen LogP contribution in [0.4, 0.5) is 0 Å². The maximum atomic E-state index is 9.31. The van der Waals surface area contributed by atoms with E-state index in [0.29, 0.717) is 11.5 Å². The van der Waals surface area contributed by atoms with Crippen LogP contribution in [0.1, 0.15) is 25.3 Å². The fourth-order valence-electron chi connectivity index (χ4n) is 2.40. The summed E-state index contributed by atoms with van der Waals surface area (Å²) >= 11 is 1.69. The predicted octanol–water partition coefficient (Wildman–Crippen LogP) is 3.05. The monoisotopic (exact) mass is 276 g/mol. The lowest BCUT2D eigenvalue weighted by atomic mass is 9.82. The molecule has 1 saturated carbocycles. The molecule has 1 fully saturated rings. The minimum Gasteiger partial charge on any atom is -0.489 e. The van der Waals surface area contributed by atoms with Crippen LogP contribution >= 0.6 is 11.8 Å². The molecule has 1 aliphatic rings. The first-order valence-electron chi connectivity index (χ1n) is 6.75. The van der Waals surface area contributed by atoms with Crippen molar-refractivity contribution in [2.45, 2.75) is 30.8 Å². The summed E-state index contributed by atoms with van der Waals surface area (Å²) in [5.74, 6) is 2.42. The number of ether oxygens (including phenoxy) is 1. The highest BCUT2D eigenvalue weighted by atomic mass is 32.2. The maximum Gasteiger partial charge on any atom is 0.138 e. The fourth-order valence-corrected chi connectivity index (χ4v) is 3.18. The van der Waals surface area contributed by atoms with Gasteiger partial charge in [0.05, 0.1) is 6.10 Å². The Morgan fingerprint density at radius 2 is 2.26 bits per heavy atom. The largest absolute Gasteiger partial charge is 0.489 e. The zero-order valence-corrected chi connectivity index (χ0v) is 12.3. The molecule has 0 heterocycles. The molecular weight excluding hydrogens is 256 g/mol. The maximum absolute atomic E-state index is 9.31. The van der Waals surface area contributed by atoms with Crippen LogP contribution in [0.2, 0.25) is 0 Å². The van der Waals surface area contributed by atoms with Crippen LogP contribution in [0.3, 0.4) is 0 Å². The van der Waals surface area contributed by atoms with E-state index in [1.54, 1.807) is 11.8 Å². The van der Waals surface area contributed by atoms with Gasteiger partial charge in [0.15, 0.2) is 0 Å². The van der Waals surface area contributed by atoms with Gasteiger partial charge in [0.25, 0.3) is 0 Å². The number of thioether (sulfide) groups is 1. The fraction of sp³-hybridized carbons (Fsp3) is 0.533. The molecule has 0 unspecified atom stereocenters. The van der Waals surface area contributed by atoms with Gasteiger partial charge in [0.1, 0.15) is 17.4 Å². The second kappa shape index (κ2) is 6.83. The van der Waals surface area contributed by atoms with Gasteiger partial charge in [-0.3, -0.25) is 0 Å². The molecule has 0 atom stereocenters. The van der Waals surface area contributed by atoms with Gasteiger partial charge in [0, 0.05) is 4.90 Å². The Morgan fingerprint density at radius 1 is 1.47 bits per heavy atom. The zero-order valence-electron chi connectivity index (χ0n) is 11.5. The van der Waals surface area contributed by atoms with Crippen LogP contribution in [0.5, 0.6) is 5.75 Å². The molecule has 3 nitrogen and oxygen atoms in total. The Balaban J connectivity index is 2.01. The third-order valence-electron chi connectivity index (χ3n) is 3.38. The molecule has 19 heavy (non-hydrogen) atoms. The van der Waals surface area contributed by atoms with E-state index < -0.39 is 0 Å². The van der Waals surface area contributed by atoms with E-state index in [4.69, 9.17) is 4.74 Å². The Hall–Kier alpha value is -1.18. The molecule has 0 radical (unpaired) electrons. The standard InChI is InChI=1S/C15H20N2OS/c1-3-19-15-6-4-5-14(13(15)9-16)18-12-7-11(8-12)10-17-2/h4-6,11-12,17H,3,7-8,10H2,1-2H3. The lowest BCUT2D eigenvalue weighted by Gasteiger charge is -2.35. The predicted molar refractivity (Wildman–Crippen MR) is 78.6 cm³/mol. The highest BCUT2D eigenvalue weighted by molar-refractivity contribution is 7.99. The van der Waals surface area contributed by atoms with Gasteiger partial charge in [-0.2, -0.15) is 5.26 Å². The summed E-state index contributed by atoms with van der Waals surface area (Å²) in [4.78, 5) is 1.02. The summed E-state index contributed by atoms with van der Waals surface area (Å²) in [6.07, 6.45) is 2.43. The highest BCUT2D eigenvalue weighted by Gasteiger charge is 2.30. The third-order valence-corrected chi connectivity index (χ3v) is 4.32. The molecule has 1 N–H and O–H groups in total.